The van der Waals surface area contributed by atoms with Crippen molar-refractivity contribution in [3.63, 3.8) is 0 Å². The summed E-state index contributed by atoms with van der Waals surface area (Å²) in [5.41, 5.74) is 0.817. The lowest BCUT2D eigenvalue weighted by atomic mass is 10.0. The van der Waals surface area contributed by atoms with Gasteiger partial charge >= 0.3 is 5.97 Å². The molecule has 164 valence electrons. The third kappa shape index (κ3) is 5.99. The van der Waals surface area contributed by atoms with Gasteiger partial charge in [-0.2, -0.15) is 0 Å². The maximum atomic E-state index is 12.7. The van der Waals surface area contributed by atoms with Crippen molar-refractivity contribution in [3.8, 4) is 5.75 Å². The van der Waals surface area contributed by atoms with Crippen LogP contribution in [0.4, 0.5) is 0 Å². The summed E-state index contributed by atoms with van der Waals surface area (Å²) in [6, 6.07) is 12.0. The smallest absolute Gasteiger partial charge is 0.303 e. The average molecular weight is 464 g/mol. The number of carboxylic acid groups (broad SMARTS) is 1. The number of amides is 1. The molecule has 0 aromatic heterocycles. The standard InChI is InChI=1S/C23H23Cl2NO5/c24-20-17(22(29)14-5-2-1-3-6-14)10-11-18(21(20)25)31-16-9-8-15(13-16)23(30)26-12-4-7-19(27)28/h1-3,5-6,10-11,15-16H,4,7-9,12-13H2,(H,26,30)(H,27,28)/t15-,16-/m0/s1. The highest BCUT2D eigenvalue weighted by Gasteiger charge is 2.31. The van der Waals surface area contributed by atoms with Crippen molar-refractivity contribution in [2.75, 3.05) is 6.54 Å². The predicted molar refractivity (Wildman–Crippen MR) is 118 cm³/mol. The van der Waals surface area contributed by atoms with Gasteiger partial charge in [0.15, 0.2) is 5.78 Å². The van der Waals surface area contributed by atoms with E-state index < -0.39 is 5.97 Å². The van der Waals surface area contributed by atoms with Gasteiger partial charge < -0.3 is 15.2 Å². The van der Waals surface area contributed by atoms with Crippen molar-refractivity contribution in [2.24, 2.45) is 5.92 Å². The number of halogens is 2. The molecule has 31 heavy (non-hydrogen) atoms. The average Bonchev–Trinajstić information content (AvgIpc) is 3.23. The minimum atomic E-state index is -0.879. The first-order chi connectivity index (χ1) is 14.9. The second-order valence-corrected chi connectivity index (χ2v) is 8.23. The summed E-state index contributed by atoms with van der Waals surface area (Å²) in [5.74, 6) is -1.01. The molecule has 3 rings (SSSR count). The zero-order valence-corrected chi connectivity index (χ0v) is 18.3. The van der Waals surface area contributed by atoms with E-state index in [0.717, 1.165) is 0 Å². The molecule has 0 unspecified atom stereocenters. The number of ether oxygens (including phenoxy) is 1. The first-order valence-corrected chi connectivity index (χ1v) is 10.9. The van der Waals surface area contributed by atoms with Crippen LogP contribution < -0.4 is 10.1 Å². The number of hydrogen-bond acceptors (Lipinski definition) is 4. The highest BCUT2D eigenvalue weighted by molar-refractivity contribution is 6.45. The molecular weight excluding hydrogens is 441 g/mol. The summed E-state index contributed by atoms with van der Waals surface area (Å²) in [6.07, 6.45) is 2.12. The molecule has 0 bridgehead atoms. The molecule has 1 saturated carbocycles. The number of nitrogens with one attached hydrogen (secondary N) is 1. The minimum absolute atomic E-state index is 0.0265. The topological polar surface area (TPSA) is 92.7 Å². The SMILES string of the molecule is O=C(O)CCCNC(=O)[C@H]1CC[C@H](Oc2ccc(C(=O)c3ccccc3)c(Cl)c2Cl)C1. The van der Waals surface area contributed by atoms with Crippen LogP contribution in [0, 0.1) is 5.92 Å². The summed E-state index contributed by atoms with van der Waals surface area (Å²) in [7, 11) is 0. The lowest BCUT2D eigenvalue weighted by Crippen LogP contribution is -2.31. The summed E-state index contributed by atoms with van der Waals surface area (Å²) in [5, 5.41) is 11.7. The van der Waals surface area contributed by atoms with Gasteiger partial charge in [0, 0.05) is 30.0 Å². The molecular formula is C23H23Cl2NO5. The molecule has 8 heteroatoms. The van der Waals surface area contributed by atoms with Crippen LogP contribution in [-0.4, -0.2) is 35.4 Å². The highest BCUT2D eigenvalue weighted by Crippen LogP contribution is 2.38. The number of hydrogen-bond donors (Lipinski definition) is 2. The number of benzene rings is 2. The largest absolute Gasteiger partial charge is 0.489 e. The Labute approximate surface area is 190 Å². The number of carbonyl (C=O) groups is 3. The molecule has 1 aliphatic carbocycles. The zero-order chi connectivity index (χ0) is 22.4. The van der Waals surface area contributed by atoms with E-state index in [0.29, 0.717) is 49.1 Å². The number of carboxylic acids is 1. The Balaban J connectivity index is 1.58. The van der Waals surface area contributed by atoms with Crippen molar-refractivity contribution < 1.29 is 24.2 Å². The summed E-state index contributed by atoms with van der Waals surface area (Å²) >= 11 is 12.7. The molecule has 0 aliphatic heterocycles. The van der Waals surface area contributed by atoms with Crippen molar-refractivity contribution in [3.05, 3.63) is 63.6 Å². The molecule has 2 aromatic rings. The Hall–Kier alpha value is -2.57. The second-order valence-electron chi connectivity index (χ2n) is 7.47. The van der Waals surface area contributed by atoms with Crippen LogP contribution in [0.15, 0.2) is 42.5 Å². The fourth-order valence-corrected chi connectivity index (χ4v) is 4.05. The van der Waals surface area contributed by atoms with E-state index in [1.54, 1.807) is 36.4 Å². The van der Waals surface area contributed by atoms with E-state index in [1.165, 1.54) is 0 Å². The van der Waals surface area contributed by atoms with E-state index in [1.807, 2.05) is 6.07 Å². The third-order valence-corrected chi connectivity index (χ3v) is 6.11. The number of carbonyl (C=O) groups excluding carboxylic acids is 2. The first kappa shape index (κ1) is 23.1. The molecule has 0 heterocycles. The van der Waals surface area contributed by atoms with Crippen molar-refractivity contribution in [1.29, 1.82) is 0 Å². The van der Waals surface area contributed by atoms with Crippen molar-refractivity contribution in [2.45, 2.75) is 38.2 Å². The van der Waals surface area contributed by atoms with Crippen LogP contribution in [0.5, 0.6) is 5.75 Å². The summed E-state index contributed by atoms with van der Waals surface area (Å²) < 4.78 is 5.98. The zero-order valence-electron chi connectivity index (χ0n) is 16.8. The van der Waals surface area contributed by atoms with E-state index in [4.69, 9.17) is 33.0 Å². The molecule has 0 radical (unpaired) electrons. The number of rotatable bonds is 9. The molecule has 2 atom stereocenters. The van der Waals surface area contributed by atoms with Gasteiger partial charge in [0.2, 0.25) is 5.91 Å². The maximum absolute atomic E-state index is 12.7. The lowest BCUT2D eigenvalue weighted by Gasteiger charge is -2.17. The van der Waals surface area contributed by atoms with E-state index in [-0.39, 0.29) is 40.2 Å². The van der Waals surface area contributed by atoms with Crippen LogP contribution in [0.3, 0.4) is 0 Å². The van der Waals surface area contributed by atoms with Gasteiger partial charge in [-0.15, -0.1) is 0 Å². The Kier molecular flexibility index (Phi) is 7.93. The van der Waals surface area contributed by atoms with Crippen LogP contribution in [0.1, 0.15) is 48.0 Å². The fourth-order valence-electron chi connectivity index (χ4n) is 3.60. The first-order valence-electron chi connectivity index (χ1n) is 10.1. The summed E-state index contributed by atoms with van der Waals surface area (Å²) in [4.78, 5) is 35.5. The molecule has 2 N–H and O–H groups in total. The maximum Gasteiger partial charge on any atom is 0.303 e. The Morgan fingerprint density at radius 2 is 1.77 bits per heavy atom. The third-order valence-electron chi connectivity index (χ3n) is 5.24. The number of aliphatic carboxylic acids is 1. The molecule has 6 nitrogen and oxygen atoms in total. The monoisotopic (exact) mass is 463 g/mol. The van der Waals surface area contributed by atoms with E-state index >= 15 is 0 Å². The van der Waals surface area contributed by atoms with Gasteiger partial charge in [-0.3, -0.25) is 14.4 Å². The van der Waals surface area contributed by atoms with Gasteiger partial charge in [0.25, 0.3) is 0 Å². The molecule has 0 spiro atoms. The van der Waals surface area contributed by atoms with E-state index in [2.05, 4.69) is 5.32 Å². The van der Waals surface area contributed by atoms with Crippen molar-refractivity contribution in [1.82, 2.24) is 5.32 Å². The highest BCUT2D eigenvalue weighted by atomic mass is 35.5. The van der Waals surface area contributed by atoms with Crippen LogP contribution in [0.2, 0.25) is 10.0 Å². The van der Waals surface area contributed by atoms with Gasteiger partial charge in [0.05, 0.1) is 11.1 Å². The molecule has 1 amide bonds. The molecule has 1 aliphatic rings. The Bertz CT molecular complexity index is 964. The van der Waals surface area contributed by atoms with Gasteiger partial charge in [-0.1, -0.05) is 53.5 Å². The van der Waals surface area contributed by atoms with Crippen LogP contribution in [-0.2, 0) is 9.59 Å². The minimum Gasteiger partial charge on any atom is -0.489 e. The normalized spacial score (nSPS) is 17.9. The van der Waals surface area contributed by atoms with Crippen LogP contribution in [0.25, 0.3) is 0 Å². The van der Waals surface area contributed by atoms with Crippen molar-refractivity contribution >= 4 is 40.9 Å². The Morgan fingerprint density at radius 1 is 1.03 bits per heavy atom. The molecule has 1 fully saturated rings. The lowest BCUT2D eigenvalue weighted by molar-refractivity contribution is -0.137. The quantitative estimate of drug-likeness (QED) is 0.413. The van der Waals surface area contributed by atoms with Gasteiger partial charge in [-0.25, -0.2) is 0 Å². The van der Waals surface area contributed by atoms with Gasteiger partial charge in [-0.05, 0) is 37.8 Å². The van der Waals surface area contributed by atoms with Gasteiger partial charge in [0.1, 0.15) is 10.8 Å². The Morgan fingerprint density at radius 3 is 2.48 bits per heavy atom. The molecule has 0 saturated heterocycles. The second kappa shape index (κ2) is 10.6. The summed E-state index contributed by atoms with van der Waals surface area (Å²) in [6.45, 7) is 0.339. The molecule has 2 aromatic carbocycles. The predicted octanol–water partition coefficient (Wildman–Crippen LogP) is 4.75. The number of ketones is 1. The fraction of sp³-hybridized carbons (Fsp3) is 0.348. The van der Waals surface area contributed by atoms with Crippen LogP contribution >= 0.6 is 23.2 Å². The van der Waals surface area contributed by atoms with E-state index in [9.17, 15) is 14.4 Å².